The second kappa shape index (κ2) is 14.3. The Kier molecular flexibility index (Phi) is 9.64. The minimum atomic E-state index is -0.644. The number of amides is 1. The Balaban J connectivity index is 1.30. The van der Waals surface area contributed by atoms with Crippen LogP contribution < -0.4 is 34.4 Å². The van der Waals surface area contributed by atoms with E-state index in [4.69, 9.17) is 19.2 Å². The van der Waals surface area contributed by atoms with Gasteiger partial charge >= 0.3 is 0 Å². The molecule has 2 heterocycles. The number of fused-ring (bicyclic) bond motifs is 1. The zero-order valence-corrected chi connectivity index (χ0v) is 27.3. The van der Waals surface area contributed by atoms with Gasteiger partial charge in [-0.15, -0.1) is 0 Å². The van der Waals surface area contributed by atoms with Crippen LogP contribution in [0.25, 0.3) is 6.08 Å². The maximum atomic E-state index is 14.1. The predicted molar refractivity (Wildman–Crippen MR) is 185 cm³/mol. The highest BCUT2D eigenvalue weighted by molar-refractivity contribution is 7.07. The van der Waals surface area contributed by atoms with Crippen LogP contribution in [0.1, 0.15) is 36.6 Å². The highest BCUT2D eigenvalue weighted by atomic mass is 32.1. The number of aryl methyl sites for hydroxylation is 1. The van der Waals surface area contributed by atoms with Gasteiger partial charge in [0.25, 0.3) is 11.5 Å². The average molecular weight is 646 g/mol. The molecule has 9 heteroatoms. The topological polar surface area (TPSA) is 91.2 Å². The molecule has 0 radical (unpaired) electrons. The van der Waals surface area contributed by atoms with E-state index >= 15 is 0 Å². The fourth-order valence-electron chi connectivity index (χ4n) is 5.46. The van der Waals surface area contributed by atoms with E-state index in [-0.39, 0.29) is 11.5 Å². The number of ether oxygens (including phenoxy) is 3. The molecule has 0 aliphatic carbocycles. The standard InChI is InChI=1S/C38H35N3O5S/c1-4-44-32-23-27(19-20-31(32)46-22-21-45-30-18-12-11-13-25(30)2)24-33-37(43)41-35(28-14-7-5-8-15-28)34(26(3)39-38(41)47-33)36(42)40-29-16-9-6-10-17-29/h5-20,23-24,35H,4,21-22H2,1-3H3,(H,40,42)/b33-24-/t35-/m1/s1. The second-order valence-electron chi connectivity index (χ2n) is 10.9. The van der Waals surface area contributed by atoms with Gasteiger partial charge in [-0.25, -0.2) is 4.99 Å². The molecule has 0 spiro atoms. The molecule has 1 aliphatic rings. The first kappa shape index (κ1) is 31.6. The summed E-state index contributed by atoms with van der Waals surface area (Å²) in [6.45, 7) is 6.90. The van der Waals surface area contributed by atoms with Crippen molar-refractivity contribution < 1.29 is 19.0 Å². The van der Waals surface area contributed by atoms with Crippen LogP contribution in [-0.4, -0.2) is 30.3 Å². The maximum Gasteiger partial charge on any atom is 0.271 e. The number of hydrogen-bond acceptors (Lipinski definition) is 7. The van der Waals surface area contributed by atoms with Gasteiger partial charge in [-0.05, 0) is 73.9 Å². The molecule has 0 bridgehead atoms. The van der Waals surface area contributed by atoms with Crippen LogP contribution in [-0.2, 0) is 4.79 Å². The summed E-state index contributed by atoms with van der Waals surface area (Å²) in [5, 5.41) is 2.98. The first-order valence-electron chi connectivity index (χ1n) is 15.4. The Labute approximate surface area is 276 Å². The highest BCUT2D eigenvalue weighted by Gasteiger charge is 2.32. The molecule has 6 rings (SSSR count). The SMILES string of the molecule is CCOc1cc(/C=c2\sc3n(c2=O)[C@H](c2ccccc2)C(C(=O)Nc2ccccc2)=C(C)N=3)ccc1OCCOc1ccccc1C. The van der Waals surface area contributed by atoms with Crippen molar-refractivity contribution in [3.8, 4) is 17.2 Å². The van der Waals surface area contributed by atoms with E-state index in [0.29, 0.717) is 57.6 Å². The van der Waals surface area contributed by atoms with Crippen LogP contribution >= 0.6 is 11.3 Å². The van der Waals surface area contributed by atoms with Crippen molar-refractivity contribution in [1.82, 2.24) is 4.57 Å². The molecule has 0 unspecified atom stereocenters. The lowest BCUT2D eigenvalue weighted by molar-refractivity contribution is -0.113. The Bertz CT molecular complexity index is 2100. The zero-order valence-electron chi connectivity index (χ0n) is 26.4. The molecule has 1 aromatic heterocycles. The number of para-hydroxylation sites is 2. The lowest BCUT2D eigenvalue weighted by atomic mass is 9.95. The first-order chi connectivity index (χ1) is 22.9. The number of thiazole rings is 1. The normalized spacial score (nSPS) is 14.3. The third-order valence-electron chi connectivity index (χ3n) is 7.67. The number of allylic oxidation sites excluding steroid dienone is 1. The summed E-state index contributed by atoms with van der Waals surface area (Å²) in [4.78, 5) is 33.1. The number of rotatable bonds is 11. The minimum Gasteiger partial charge on any atom is -0.490 e. The van der Waals surface area contributed by atoms with Crippen molar-refractivity contribution in [3.63, 3.8) is 0 Å². The summed E-state index contributed by atoms with van der Waals surface area (Å²) < 4.78 is 19.9. The number of hydrogen-bond donors (Lipinski definition) is 1. The molecule has 4 aromatic carbocycles. The smallest absolute Gasteiger partial charge is 0.271 e. The summed E-state index contributed by atoms with van der Waals surface area (Å²) in [5.74, 6) is 1.68. The molecule has 1 amide bonds. The third-order valence-corrected chi connectivity index (χ3v) is 8.65. The predicted octanol–water partition coefficient (Wildman–Crippen LogP) is 6.04. The van der Waals surface area contributed by atoms with Crippen LogP contribution in [0, 0.1) is 6.92 Å². The molecule has 1 atom stereocenters. The Morgan fingerprint density at radius 3 is 2.26 bits per heavy atom. The number of benzene rings is 4. The van der Waals surface area contributed by atoms with Crippen LogP contribution in [0.2, 0.25) is 0 Å². The summed E-state index contributed by atoms with van der Waals surface area (Å²) >= 11 is 1.29. The highest BCUT2D eigenvalue weighted by Crippen LogP contribution is 2.31. The van der Waals surface area contributed by atoms with E-state index in [1.165, 1.54) is 11.3 Å². The van der Waals surface area contributed by atoms with Crippen LogP contribution in [0.15, 0.2) is 124 Å². The molecule has 1 N–H and O–H groups in total. The number of nitrogens with zero attached hydrogens (tertiary/aromatic N) is 2. The van der Waals surface area contributed by atoms with Gasteiger partial charge in [-0.1, -0.05) is 84.1 Å². The summed E-state index contributed by atoms with van der Waals surface area (Å²) in [6.07, 6.45) is 1.82. The van der Waals surface area contributed by atoms with E-state index < -0.39 is 6.04 Å². The number of anilines is 1. The maximum absolute atomic E-state index is 14.1. The largest absolute Gasteiger partial charge is 0.490 e. The number of nitrogens with one attached hydrogen (secondary N) is 1. The fraction of sp³-hybridized carbons (Fsp3) is 0.184. The van der Waals surface area contributed by atoms with E-state index in [9.17, 15) is 9.59 Å². The lowest BCUT2D eigenvalue weighted by Crippen LogP contribution is -2.40. The van der Waals surface area contributed by atoms with Gasteiger partial charge in [-0.2, -0.15) is 0 Å². The third kappa shape index (κ3) is 7.05. The number of carbonyl (C=O) groups is 1. The molecule has 0 fully saturated rings. The quantitative estimate of drug-likeness (QED) is 0.177. The second-order valence-corrected chi connectivity index (χ2v) is 11.9. The van der Waals surface area contributed by atoms with Crippen molar-refractivity contribution in [2.45, 2.75) is 26.8 Å². The number of aromatic nitrogens is 1. The van der Waals surface area contributed by atoms with E-state index in [1.807, 2.05) is 130 Å². The number of carbonyl (C=O) groups excluding carboxylic acids is 1. The van der Waals surface area contributed by atoms with E-state index in [0.717, 1.165) is 22.4 Å². The van der Waals surface area contributed by atoms with E-state index in [2.05, 4.69) is 5.32 Å². The zero-order chi connectivity index (χ0) is 32.8. The van der Waals surface area contributed by atoms with Gasteiger partial charge in [0, 0.05) is 5.69 Å². The van der Waals surface area contributed by atoms with Crippen molar-refractivity contribution in [2.75, 3.05) is 25.1 Å². The first-order valence-corrected chi connectivity index (χ1v) is 16.3. The average Bonchev–Trinajstić information content (AvgIpc) is 3.38. The molecule has 0 saturated carbocycles. The molecule has 238 valence electrons. The molecular weight excluding hydrogens is 611 g/mol. The lowest BCUT2D eigenvalue weighted by Gasteiger charge is -2.25. The summed E-state index contributed by atoms with van der Waals surface area (Å²) in [6, 6.07) is 31.6. The molecule has 5 aromatic rings. The monoisotopic (exact) mass is 645 g/mol. The van der Waals surface area contributed by atoms with Crippen molar-refractivity contribution in [1.29, 1.82) is 0 Å². The fourth-order valence-corrected chi connectivity index (χ4v) is 6.50. The molecular formula is C38H35N3O5S. The van der Waals surface area contributed by atoms with Crippen LogP contribution in [0.4, 0.5) is 5.69 Å². The minimum absolute atomic E-state index is 0.230. The Hall–Kier alpha value is -5.41. The van der Waals surface area contributed by atoms with Gasteiger partial charge in [-0.3, -0.25) is 14.2 Å². The van der Waals surface area contributed by atoms with Crippen LogP contribution in [0.5, 0.6) is 17.2 Å². The molecule has 1 aliphatic heterocycles. The van der Waals surface area contributed by atoms with Gasteiger partial charge in [0.2, 0.25) is 0 Å². The van der Waals surface area contributed by atoms with Gasteiger partial charge in [0.05, 0.1) is 28.5 Å². The Morgan fingerprint density at radius 1 is 0.851 bits per heavy atom. The molecule has 47 heavy (non-hydrogen) atoms. The Morgan fingerprint density at radius 2 is 1.53 bits per heavy atom. The van der Waals surface area contributed by atoms with Gasteiger partial charge in [0.1, 0.15) is 19.0 Å². The summed E-state index contributed by atoms with van der Waals surface area (Å²) in [7, 11) is 0. The van der Waals surface area contributed by atoms with Crippen molar-refractivity contribution >= 4 is 29.0 Å². The van der Waals surface area contributed by atoms with E-state index in [1.54, 1.807) is 4.57 Å². The summed E-state index contributed by atoms with van der Waals surface area (Å²) in [5.41, 5.74) is 4.08. The van der Waals surface area contributed by atoms with Crippen LogP contribution in [0.3, 0.4) is 0 Å². The molecule has 0 saturated heterocycles. The van der Waals surface area contributed by atoms with Gasteiger partial charge in [0.15, 0.2) is 16.3 Å². The van der Waals surface area contributed by atoms with Gasteiger partial charge < -0.3 is 19.5 Å². The van der Waals surface area contributed by atoms with Crippen molar-refractivity contribution in [3.05, 3.63) is 151 Å². The van der Waals surface area contributed by atoms with Crippen molar-refractivity contribution in [2.24, 2.45) is 4.99 Å². The molecule has 8 nitrogen and oxygen atoms in total.